The number of amides is 1. The first-order valence-electron chi connectivity index (χ1n) is 6.66. The molecule has 3 nitrogen and oxygen atoms in total. The first-order valence-corrected chi connectivity index (χ1v) is 6.66. The molecule has 0 aromatic heterocycles. The Labute approximate surface area is 109 Å². The van der Waals surface area contributed by atoms with Crippen molar-refractivity contribution in [3.8, 4) is 5.75 Å². The zero-order valence-electron chi connectivity index (χ0n) is 11.3. The third kappa shape index (κ3) is 2.66. The first kappa shape index (κ1) is 12.9. The number of benzene rings is 1. The number of nitrogens with one attached hydrogen (secondary N) is 1. The molecule has 0 saturated heterocycles. The zero-order chi connectivity index (χ0) is 13.1. The van der Waals surface area contributed by atoms with E-state index in [0.717, 1.165) is 29.8 Å². The molecule has 0 saturated carbocycles. The molecule has 0 fully saturated rings. The smallest absolute Gasteiger partial charge is 0.251 e. The fraction of sp³-hybridized carbons (Fsp3) is 0.533. The summed E-state index contributed by atoms with van der Waals surface area (Å²) in [6.07, 6.45) is 1.10. The van der Waals surface area contributed by atoms with Crippen molar-refractivity contribution in [3.05, 3.63) is 29.3 Å². The van der Waals surface area contributed by atoms with Gasteiger partial charge >= 0.3 is 0 Å². The molecular weight excluding hydrogens is 226 g/mol. The summed E-state index contributed by atoms with van der Waals surface area (Å²) < 4.78 is 5.46. The maximum atomic E-state index is 11.9. The van der Waals surface area contributed by atoms with Gasteiger partial charge in [-0.25, -0.2) is 0 Å². The molecule has 1 atom stereocenters. The molecule has 1 unspecified atom stereocenters. The zero-order valence-corrected chi connectivity index (χ0v) is 11.3. The lowest BCUT2D eigenvalue weighted by Crippen LogP contribution is -2.35. The number of carbonyl (C=O) groups excluding carboxylic acids is 1. The Morgan fingerprint density at radius 2 is 2.22 bits per heavy atom. The average Bonchev–Trinajstić information content (AvgIpc) is 2.33. The number of carbonyl (C=O) groups is 1. The van der Waals surface area contributed by atoms with Gasteiger partial charge in [0.2, 0.25) is 0 Å². The van der Waals surface area contributed by atoms with Crippen molar-refractivity contribution in [2.75, 3.05) is 13.2 Å². The van der Waals surface area contributed by atoms with E-state index >= 15 is 0 Å². The number of hydrogen-bond acceptors (Lipinski definition) is 2. The van der Waals surface area contributed by atoms with Gasteiger partial charge in [-0.3, -0.25) is 4.79 Å². The Bertz CT molecular complexity index is 440. The predicted octanol–water partition coefficient (Wildman–Crippen LogP) is 2.96. The van der Waals surface area contributed by atoms with Crippen LogP contribution in [0.2, 0.25) is 0 Å². The third-order valence-electron chi connectivity index (χ3n) is 3.29. The van der Waals surface area contributed by atoms with E-state index in [1.807, 2.05) is 25.1 Å². The van der Waals surface area contributed by atoms with Gasteiger partial charge < -0.3 is 10.1 Å². The Kier molecular flexibility index (Phi) is 3.90. The highest BCUT2D eigenvalue weighted by molar-refractivity contribution is 5.97. The Hall–Kier alpha value is -1.51. The lowest BCUT2D eigenvalue weighted by atomic mass is 9.85. The molecule has 0 spiro atoms. The van der Waals surface area contributed by atoms with Gasteiger partial charge in [0.25, 0.3) is 5.91 Å². The summed E-state index contributed by atoms with van der Waals surface area (Å²) in [7, 11) is 0. The highest BCUT2D eigenvalue weighted by atomic mass is 16.5. The van der Waals surface area contributed by atoms with Gasteiger partial charge in [-0.05, 0) is 37.0 Å². The van der Waals surface area contributed by atoms with Gasteiger partial charge in [-0.2, -0.15) is 0 Å². The van der Waals surface area contributed by atoms with Gasteiger partial charge in [0.05, 0.1) is 6.61 Å². The van der Waals surface area contributed by atoms with Crippen LogP contribution >= 0.6 is 0 Å². The Balaban J connectivity index is 2.31. The predicted molar refractivity (Wildman–Crippen MR) is 72.1 cm³/mol. The summed E-state index contributed by atoms with van der Waals surface area (Å²) >= 11 is 0. The topological polar surface area (TPSA) is 38.3 Å². The molecule has 1 heterocycles. The molecule has 3 heteroatoms. The van der Waals surface area contributed by atoms with E-state index in [2.05, 4.69) is 19.2 Å². The lowest BCUT2D eigenvalue weighted by molar-refractivity contribution is 0.0937. The molecule has 18 heavy (non-hydrogen) atoms. The summed E-state index contributed by atoms with van der Waals surface area (Å²) in [5.74, 6) is 1.85. The second-order valence-corrected chi connectivity index (χ2v) is 5.22. The molecule has 1 amide bonds. The maximum Gasteiger partial charge on any atom is 0.251 e. The molecule has 1 aromatic rings. The van der Waals surface area contributed by atoms with Crippen molar-refractivity contribution in [1.29, 1.82) is 0 Å². The molecule has 1 aliphatic heterocycles. The second-order valence-electron chi connectivity index (χ2n) is 5.22. The summed E-state index contributed by atoms with van der Waals surface area (Å²) in [5.41, 5.74) is 1.94. The van der Waals surface area contributed by atoms with Crippen LogP contribution in [0.15, 0.2) is 18.2 Å². The Morgan fingerprint density at radius 1 is 1.44 bits per heavy atom. The number of hydrogen-bond donors (Lipinski definition) is 1. The third-order valence-corrected chi connectivity index (χ3v) is 3.29. The van der Waals surface area contributed by atoms with E-state index in [0.29, 0.717) is 18.4 Å². The highest BCUT2D eigenvalue weighted by Crippen LogP contribution is 2.31. The standard InChI is InChI=1S/C15H21NO2/c1-4-18-12-5-6-13-11(7-10(2)3)9-16-15(17)14(13)8-12/h5-6,8,10-11H,4,7,9H2,1-3H3,(H,16,17). The molecule has 0 radical (unpaired) electrons. The van der Waals surface area contributed by atoms with Crippen LogP contribution in [0.1, 0.15) is 49.0 Å². The van der Waals surface area contributed by atoms with Gasteiger partial charge in [0.1, 0.15) is 5.75 Å². The van der Waals surface area contributed by atoms with Crippen LogP contribution in [0.3, 0.4) is 0 Å². The van der Waals surface area contributed by atoms with Crippen LogP contribution in [-0.2, 0) is 0 Å². The van der Waals surface area contributed by atoms with Gasteiger partial charge in [0, 0.05) is 18.0 Å². The minimum atomic E-state index is 0.0200. The van der Waals surface area contributed by atoms with Crippen molar-refractivity contribution in [2.24, 2.45) is 5.92 Å². The van der Waals surface area contributed by atoms with Crippen LogP contribution < -0.4 is 10.1 Å². The van der Waals surface area contributed by atoms with E-state index in [-0.39, 0.29) is 5.91 Å². The maximum absolute atomic E-state index is 11.9. The monoisotopic (exact) mass is 247 g/mol. The first-order chi connectivity index (χ1) is 8.61. The van der Waals surface area contributed by atoms with E-state index in [1.165, 1.54) is 0 Å². The van der Waals surface area contributed by atoms with Crippen LogP contribution in [0, 0.1) is 5.92 Å². The van der Waals surface area contributed by atoms with Crippen molar-refractivity contribution in [2.45, 2.75) is 33.1 Å². The molecule has 98 valence electrons. The molecule has 2 rings (SSSR count). The molecule has 1 aliphatic rings. The number of rotatable bonds is 4. The number of fused-ring (bicyclic) bond motifs is 1. The summed E-state index contributed by atoms with van der Waals surface area (Å²) in [6.45, 7) is 7.74. The molecular formula is C15H21NO2. The van der Waals surface area contributed by atoms with Gasteiger partial charge in [-0.15, -0.1) is 0 Å². The summed E-state index contributed by atoms with van der Waals surface area (Å²) in [6, 6.07) is 5.88. The van der Waals surface area contributed by atoms with E-state index in [4.69, 9.17) is 4.74 Å². The minimum Gasteiger partial charge on any atom is -0.494 e. The van der Waals surface area contributed by atoms with Gasteiger partial charge in [-0.1, -0.05) is 19.9 Å². The minimum absolute atomic E-state index is 0.0200. The van der Waals surface area contributed by atoms with Crippen LogP contribution in [0.4, 0.5) is 0 Å². The molecule has 1 aromatic carbocycles. The number of ether oxygens (including phenoxy) is 1. The van der Waals surface area contributed by atoms with Crippen molar-refractivity contribution in [3.63, 3.8) is 0 Å². The Morgan fingerprint density at radius 3 is 2.89 bits per heavy atom. The lowest BCUT2D eigenvalue weighted by Gasteiger charge is -2.27. The molecule has 0 aliphatic carbocycles. The van der Waals surface area contributed by atoms with Gasteiger partial charge in [0.15, 0.2) is 0 Å². The quantitative estimate of drug-likeness (QED) is 0.888. The summed E-state index contributed by atoms with van der Waals surface area (Å²) in [5, 5.41) is 2.97. The SMILES string of the molecule is CCOc1ccc2c(c1)C(=O)NCC2CC(C)C. The van der Waals surface area contributed by atoms with Crippen LogP contribution in [0.5, 0.6) is 5.75 Å². The highest BCUT2D eigenvalue weighted by Gasteiger charge is 2.26. The molecule has 1 N–H and O–H groups in total. The second kappa shape index (κ2) is 5.42. The normalized spacial score (nSPS) is 18.4. The van der Waals surface area contributed by atoms with Crippen molar-refractivity contribution in [1.82, 2.24) is 5.32 Å². The summed E-state index contributed by atoms with van der Waals surface area (Å²) in [4.78, 5) is 11.9. The van der Waals surface area contributed by atoms with Crippen LogP contribution in [-0.4, -0.2) is 19.1 Å². The van der Waals surface area contributed by atoms with Crippen LogP contribution in [0.25, 0.3) is 0 Å². The van der Waals surface area contributed by atoms with E-state index in [9.17, 15) is 4.79 Å². The average molecular weight is 247 g/mol. The van der Waals surface area contributed by atoms with Crippen molar-refractivity contribution < 1.29 is 9.53 Å². The van der Waals surface area contributed by atoms with E-state index in [1.54, 1.807) is 0 Å². The fourth-order valence-electron chi connectivity index (χ4n) is 2.54. The fourth-order valence-corrected chi connectivity index (χ4v) is 2.54. The van der Waals surface area contributed by atoms with E-state index < -0.39 is 0 Å². The largest absolute Gasteiger partial charge is 0.494 e. The van der Waals surface area contributed by atoms with Crippen molar-refractivity contribution >= 4 is 5.91 Å². The molecule has 0 bridgehead atoms.